The van der Waals surface area contributed by atoms with Gasteiger partial charge in [0, 0.05) is 22.8 Å². The Bertz CT molecular complexity index is 1670. The maximum absolute atomic E-state index is 13.6. The molecule has 184 valence electrons. The summed E-state index contributed by atoms with van der Waals surface area (Å²) in [4.78, 5) is 41.1. The average molecular weight is 604 g/mol. The molecule has 0 unspecified atom stereocenters. The second kappa shape index (κ2) is 10.3. The number of nitrogens with zero attached hydrogens (tertiary/aromatic N) is 4. The van der Waals surface area contributed by atoms with Crippen molar-refractivity contribution in [3.63, 3.8) is 0 Å². The van der Waals surface area contributed by atoms with E-state index in [9.17, 15) is 9.59 Å². The highest BCUT2D eigenvalue weighted by Gasteiger charge is 2.33. The number of esters is 1. The SMILES string of the molecule is CCOC(=O)C1=C(C)N=c2s/c(=C/c3cc(Br)c(Sc4nccc(C)n4)o3)c(=O)n2[C@H]1c1cccs1. The fourth-order valence-corrected chi connectivity index (χ4v) is 6.87. The maximum Gasteiger partial charge on any atom is 0.338 e. The molecule has 0 radical (unpaired) electrons. The number of thiazole rings is 1. The van der Waals surface area contributed by atoms with E-state index in [0.29, 0.717) is 36.6 Å². The minimum atomic E-state index is -0.602. The van der Waals surface area contributed by atoms with Crippen LogP contribution in [0.25, 0.3) is 6.08 Å². The van der Waals surface area contributed by atoms with E-state index >= 15 is 0 Å². The number of furan rings is 1. The van der Waals surface area contributed by atoms with E-state index < -0.39 is 12.0 Å². The van der Waals surface area contributed by atoms with E-state index in [2.05, 4.69) is 30.9 Å². The lowest BCUT2D eigenvalue weighted by atomic mass is 10.0. The van der Waals surface area contributed by atoms with Crippen LogP contribution in [0.1, 0.15) is 36.2 Å². The molecule has 0 amide bonds. The Kier molecular flexibility index (Phi) is 7.11. The first-order chi connectivity index (χ1) is 17.4. The van der Waals surface area contributed by atoms with Crippen LogP contribution in [-0.4, -0.2) is 27.1 Å². The molecule has 12 heteroatoms. The summed E-state index contributed by atoms with van der Waals surface area (Å²) in [6.07, 6.45) is 3.38. The summed E-state index contributed by atoms with van der Waals surface area (Å²) in [6, 6.07) is 6.82. The van der Waals surface area contributed by atoms with Crippen molar-refractivity contribution in [2.45, 2.75) is 37.1 Å². The Morgan fingerprint density at radius 3 is 2.92 bits per heavy atom. The van der Waals surface area contributed by atoms with Gasteiger partial charge in [0.25, 0.3) is 5.56 Å². The van der Waals surface area contributed by atoms with Crippen LogP contribution < -0.4 is 14.9 Å². The van der Waals surface area contributed by atoms with Crippen LogP contribution in [0.5, 0.6) is 0 Å². The van der Waals surface area contributed by atoms with E-state index in [4.69, 9.17) is 9.15 Å². The van der Waals surface area contributed by atoms with Gasteiger partial charge in [-0.05, 0) is 72.0 Å². The summed E-state index contributed by atoms with van der Waals surface area (Å²) < 4.78 is 14.0. The standard InChI is InChI=1S/C24H19BrN4O4S3/c1-4-32-21(31)18-13(3)28-24-29(19(18)16-6-5-9-34-16)20(30)17(35-24)11-14-10-15(25)22(33-14)36-23-26-8-7-12(2)27-23/h5-11,19H,4H2,1-3H3/b17-11+/t19-/m0/s1. The molecule has 1 aliphatic rings. The molecule has 0 bridgehead atoms. The van der Waals surface area contributed by atoms with Gasteiger partial charge in [0.2, 0.25) is 0 Å². The van der Waals surface area contributed by atoms with Crippen LogP contribution in [-0.2, 0) is 9.53 Å². The number of allylic oxidation sites excluding steroid dienone is 1. The Labute approximate surface area is 226 Å². The zero-order valence-corrected chi connectivity index (χ0v) is 23.4. The lowest BCUT2D eigenvalue weighted by molar-refractivity contribution is -0.139. The number of aryl methyl sites for hydroxylation is 1. The van der Waals surface area contributed by atoms with Gasteiger partial charge in [0.05, 0.1) is 26.9 Å². The van der Waals surface area contributed by atoms with Gasteiger partial charge in [-0.2, -0.15) is 0 Å². The molecule has 0 fully saturated rings. The topological polar surface area (TPSA) is 99.6 Å². The van der Waals surface area contributed by atoms with E-state index in [1.807, 2.05) is 30.5 Å². The van der Waals surface area contributed by atoms with Gasteiger partial charge in [0.15, 0.2) is 15.1 Å². The molecule has 4 aromatic rings. The van der Waals surface area contributed by atoms with Crippen LogP contribution in [0.2, 0.25) is 0 Å². The number of fused-ring (bicyclic) bond motifs is 1. The van der Waals surface area contributed by atoms with Crippen LogP contribution in [0.3, 0.4) is 0 Å². The molecule has 1 atom stereocenters. The van der Waals surface area contributed by atoms with Crippen LogP contribution in [0.4, 0.5) is 0 Å². The lowest BCUT2D eigenvalue weighted by Gasteiger charge is -2.23. The van der Waals surface area contributed by atoms with Gasteiger partial charge in [0.1, 0.15) is 11.8 Å². The Hall–Kier alpha value is -2.80. The number of hydrogen-bond donors (Lipinski definition) is 0. The van der Waals surface area contributed by atoms with Crippen molar-refractivity contribution in [3.8, 4) is 0 Å². The summed E-state index contributed by atoms with van der Waals surface area (Å²) in [5.74, 6) is 0.0257. The molecule has 5 heterocycles. The number of ether oxygens (including phenoxy) is 1. The molecule has 8 nitrogen and oxygen atoms in total. The quantitative estimate of drug-likeness (QED) is 0.237. The first-order valence-corrected chi connectivity index (χ1v) is 14.2. The highest BCUT2D eigenvalue weighted by atomic mass is 79.9. The van der Waals surface area contributed by atoms with E-state index in [1.54, 1.807) is 36.8 Å². The number of carbonyl (C=O) groups is 1. The van der Waals surface area contributed by atoms with E-state index in [0.717, 1.165) is 15.0 Å². The van der Waals surface area contributed by atoms with Gasteiger partial charge in [-0.3, -0.25) is 9.36 Å². The zero-order valence-electron chi connectivity index (χ0n) is 19.4. The van der Waals surface area contributed by atoms with Crippen molar-refractivity contribution in [1.82, 2.24) is 14.5 Å². The van der Waals surface area contributed by atoms with Gasteiger partial charge in [-0.1, -0.05) is 17.4 Å². The van der Waals surface area contributed by atoms with Crippen molar-refractivity contribution < 1.29 is 13.9 Å². The molecule has 1 aliphatic heterocycles. The summed E-state index contributed by atoms with van der Waals surface area (Å²) in [7, 11) is 0. The summed E-state index contributed by atoms with van der Waals surface area (Å²) >= 11 is 7.53. The molecule has 0 saturated carbocycles. The van der Waals surface area contributed by atoms with Gasteiger partial charge in [-0.25, -0.2) is 19.8 Å². The minimum absolute atomic E-state index is 0.235. The molecule has 0 aliphatic carbocycles. The summed E-state index contributed by atoms with van der Waals surface area (Å²) in [5, 5.41) is 3.06. The number of carbonyl (C=O) groups excluding carboxylic acids is 1. The van der Waals surface area contributed by atoms with Crippen LogP contribution in [0, 0.1) is 6.92 Å². The fourth-order valence-electron chi connectivity index (χ4n) is 3.70. The third-order valence-corrected chi connectivity index (χ3v) is 8.86. The maximum atomic E-state index is 13.6. The minimum Gasteiger partial charge on any atom is -0.463 e. The van der Waals surface area contributed by atoms with Gasteiger partial charge in [-0.15, -0.1) is 11.3 Å². The first-order valence-electron chi connectivity index (χ1n) is 10.9. The van der Waals surface area contributed by atoms with Crippen molar-refractivity contribution in [2.24, 2.45) is 4.99 Å². The molecule has 0 saturated heterocycles. The van der Waals surface area contributed by atoms with Crippen LogP contribution >= 0.6 is 50.4 Å². The number of rotatable bonds is 6. The summed E-state index contributed by atoms with van der Waals surface area (Å²) in [6.45, 7) is 5.65. The number of hydrogen-bond acceptors (Lipinski definition) is 10. The second-order valence-electron chi connectivity index (χ2n) is 7.68. The van der Waals surface area contributed by atoms with Crippen molar-refractivity contribution in [2.75, 3.05) is 6.61 Å². The molecule has 5 rings (SSSR count). The largest absolute Gasteiger partial charge is 0.463 e. The van der Waals surface area contributed by atoms with Gasteiger partial charge < -0.3 is 9.15 Å². The predicted octanol–water partition coefficient (Wildman–Crippen LogP) is 4.46. The van der Waals surface area contributed by atoms with Crippen molar-refractivity contribution >= 4 is 62.4 Å². The molecule has 0 spiro atoms. The molecule has 0 N–H and O–H groups in total. The smallest absolute Gasteiger partial charge is 0.338 e. The second-order valence-corrected chi connectivity index (χ2v) is 11.5. The van der Waals surface area contributed by atoms with E-state index in [-0.39, 0.29) is 12.2 Å². The van der Waals surface area contributed by atoms with Crippen LogP contribution in [0.15, 0.2) is 76.0 Å². The number of halogens is 1. The molecule has 0 aromatic carbocycles. The third-order valence-electron chi connectivity index (χ3n) is 5.23. The molecular weight excluding hydrogens is 584 g/mol. The predicted molar refractivity (Wildman–Crippen MR) is 142 cm³/mol. The highest BCUT2D eigenvalue weighted by Crippen LogP contribution is 2.35. The normalized spacial score (nSPS) is 15.7. The Balaban J connectivity index is 1.58. The van der Waals surface area contributed by atoms with Gasteiger partial charge >= 0.3 is 5.97 Å². The molecule has 36 heavy (non-hydrogen) atoms. The Morgan fingerprint density at radius 1 is 1.36 bits per heavy atom. The Morgan fingerprint density at radius 2 is 2.19 bits per heavy atom. The monoisotopic (exact) mass is 602 g/mol. The molecule has 4 aromatic heterocycles. The first kappa shape index (κ1) is 24.9. The summed E-state index contributed by atoms with van der Waals surface area (Å²) in [5.41, 5.74) is 1.51. The average Bonchev–Trinajstić information content (AvgIpc) is 3.54. The zero-order chi connectivity index (χ0) is 25.4. The lowest BCUT2D eigenvalue weighted by Crippen LogP contribution is -2.39. The fraction of sp³-hybridized carbons (Fsp3) is 0.208. The van der Waals surface area contributed by atoms with Crippen molar-refractivity contribution in [1.29, 1.82) is 0 Å². The third kappa shape index (κ3) is 4.77. The van der Waals surface area contributed by atoms with E-state index in [1.165, 1.54) is 34.4 Å². The highest BCUT2D eigenvalue weighted by molar-refractivity contribution is 9.10. The number of aromatic nitrogens is 3. The van der Waals surface area contributed by atoms with Crippen molar-refractivity contribution in [3.05, 3.63) is 87.6 Å². The molecular formula is C24H19BrN4O4S3. The number of thiophene rings is 1.